The minimum absolute atomic E-state index is 0.0720. The molecule has 2 aromatic heterocycles. The first-order valence-electron chi connectivity index (χ1n) is 4.80. The van der Waals surface area contributed by atoms with Crippen molar-refractivity contribution in [1.29, 1.82) is 0 Å². The monoisotopic (exact) mass is 203 g/mol. The minimum atomic E-state index is 0.0720. The smallest absolute Gasteiger partial charge is 0.223 e. The molecule has 0 aliphatic rings. The lowest BCUT2D eigenvalue weighted by atomic mass is 10.3. The van der Waals surface area contributed by atoms with Gasteiger partial charge in [0.05, 0.1) is 6.04 Å². The second-order valence-corrected chi connectivity index (χ2v) is 3.42. The first-order chi connectivity index (χ1) is 7.25. The number of nitrogens with zero attached hydrogens (tertiary/aromatic N) is 3. The maximum absolute atomic E-state index is 4.16. The van der Waals surface area contributed by atoms with Gasteiger partial charge in [0.1, 0.15) is 5.82 Å². The van der Waals surface area contributed by atoms with Crippen LogP contribution in [0.2, 0.25) is 0 Å². The zero-order valence-electron chi connectivity index (χ0n) is 8.73. The molecule has 0 spiro atoms. The summed E-state index contributed by atoms with van der Waals surface area (Å²) in [5.74, 6) is 1.49. The van der Waals surface area contributed by atoms with Crippen LogP contribution in [0.4, 0.5) is 5.95 Å². The molecular formula is C10H13N5. The lowest BCUT2D eigenvalue weighted by molar-refractivity contribution is 0.794. The quantitative estimate of drug-likeness (QED) is 0.796. The van der Waals surface area contributed by atoms with Crippen LogP contribution in [0.15, 0.2) is 24.8 Å². The molecule has 2 N–H and O–H groups in total. The average molecular weight is 203 g/mol. The molecule has 2 rings (SSSR count). The van der Waals surface area contributed by atoms with E-state index in [4.69, 9.17) is 0 Å². The van der Waals surface area contributed by atoms with Crippen molar-refractivity contribution in [3.05, 3.63) is 36.2 Å². The summed E-state index contributed by atoms with van der Waals surface area (Å²) >= 11 is 0. The van der Waals surface area contributed by atoms with Crippen molar-refractivity contribution < 1.29 is 0 Å². The molecule has 5 nitrogen and oxygen atoms in total. The van der Waals surface area contributed by atoms with Crippen molar-refractivity contribution in [2.45, 2.75) is 19.9 Å². The predicted molar refractivity (Wildman–Crippen MR) is 57.4 cm³/mol. The van der Waals surface area contributed by atoms with E-state index in [1.54, 1.807) is 24.8 Å². The fourth-order valence-corrected chi connectivity index (χ4v) is 1.24. The molecule has 0 aromatic carbocycles. The van der Waals surface area contributed by atoms with Crippen molar-refractivity contribution in [1.82, 2.24) is 19.9 Å². The normalized spacial score (nSPS) is 12.4. The number of H-pyrrole nitrogens is 1. The summed E-state index contributed by atoms with van der Waals surface area (Å²) in [5.41, 5.74) is 1.05. The third kappa shape index (κ3) is 2.31. The Hall–Kier alpha value is -1.91. The molecule has 0 saturated heterocycles. The van der Waals surface area contributed by atoms with E-state index in [1.807, 2.05) is 13.8 Å². The molecule has 1 atom stereocenters. The summed E-state index contributed by atoms with van der Waals surface area (Å²) in [5, 5.41) is 3.16. The Kier molecular flexibility index (Phi) is 2.62. The highest BCUT2D eigenvalue weighted by Gasteiger charge is 2.07. The fraction of sp³-hybridized carbons (Fsp3) is 0.300. The number of rotatable bonds is 3. The summed E-state index contributed by atoms with van der Waals surface area (Å²) in [6.07, 6.45) is 7.08. The molecule has 0 amide bonds. The van der Waals surface area contributed by atoms with Gasteiger partial charge >= 0.3 is 0 Å². The fourth-order valence-electron chi connectivity index (χ4n) is 1.24. The molecule has 0 aliphatic heterocycles. The number of aromatic nitrogens is 4. The van der Waals surface area contributed by atoms with Crippen molar-refractivity contribution in [3.8, 4) is 0 Å². The number of hydrogen-bond donors (Lipinski definition) is 2. The first kappa shape index (κ1) is 9.64. The summed E-state index contributed by atoms with van der Waals surface area (Å²) in [7, 11) is 0. The Morgan fingerprint density at radius 2 is 2.00 bits per heavy atom. The van der Waals surface area contributed by atoms with Crippen molar-refractivity contribution in [3.63, 3.8) is 0 Å². The minimum Gasteiger partial charge on any atom is -0.347 e. The third-order valence-corrected chi connectivity index (χ3v) is 2.06. The van der Waals surface area contributed by atoms with Crippen LogP contribution in [0, 0.1) is 6.92 Å². The molecule has 5 heteroatoms. The molecule has 78 valence electrons. The average Bonchev–Trinajstić information content (AvgIpc) is 2.74. The largest absolute Gasteiger partial charge is 0.347 e. The zero-order chi connectivity index (χ0) is 10.7. The van der Waals surface area contributed by atoms with Crippen LogP contribution in [-0.4, -0.2) is 19.9 Å². The summed E-state index contributed by atoms with van der Waals surface area (Å²) in [6, 6.07) is 0.0720. The van der Waals surface area contributed by atoms with Crippen LogP contribution in [-0.2, 0) is 0 Å². The maximum Gasteiger partial charge on any atom is 0.223 e. The molecule has 15 heavy (non-hydrogen) atoms. The molecule has 2 aromatic rings. The highest BCUT2D eigenvalue weighted by molar-refractivity contribution is 5.27. The number of anilines is 1. The number of aromatic amines is 1. The van der Waals surface area contributed by atoms with Gasteiger partial charge in [-0.05, 0) is 19.4 Å². The van der Waals surface area contributed by atoms with Gasteiger partial charge in [0.15, 0.2) is 0 Å². The standard InChI is InChI=1S/C10H13N5/c1-7-5-13-10(14-6-7)15-8(2)9-11-3-4-12-9/h3-6,8H,1-2H3,(H,11,12)(H,13,14,15). The van der Waals surface area contributed by atoms with Crippen molar-refractivity contribution >= 4 is 5.95 Å². The summed E-state index contributed by atoms with van der Waals surface area (Å²) < 4.78 is 0. The van der Waals surface area contributed by atoms with E-state index in [2.05, 4.69) is 25.3 Å². The molecular weight excluding hydrogens is 190 g/mol. The lowest BCUT2D eigenvalue weighted by Gasteiger charge is -2.10. The summed E-state index contributed by atoms with van der Waals surface area (Å²) in [4.78, 5) is 15.5. The lowest BCUT2D eigenvalue weighted by Crippen LogP contribution is -2.10. The SMILES string of the molecule is Cc1cnc(NC(C)c2ncc[nH]2)nc1. The molecule has 0 aliphatic carbocycles. The molecule has 1 unspecified atom stereocenters. The van der Waals surface area contributed by atoms with E-state index in [0.29, 0.717) is 5.95 Å². The van der Waals surface area contributed by atoms with E-state index in [0.717, 1.165) is 11.4 Å². The van der Waals surface area contributed by atoms with Crippen LogP contribution in [0.1, 0.15) is 24.4 Å². The van der Waals surface area contributed by atoms with Crippen LogP contribution >= 0.6 is 0 Å². The zero-order valence-corrected chi connectivity index (χ0v) is 8.73. The van der Waals surface area contributed by atoms with Crippen LogP contribution < -0.4 is 5.32 Å². The van der Waals surface area contributed by atoms with Crippen LogP contribution in [0.3, 0.4) is 0 Å². The third-order valence-electron chi connectivity index (χ3n) is 2.06. The number of aryl methyl sites for hydroxylation is 1. The Morgan fingerprint density at radius 3 is 2.60 bits per heavy atom. The van der Waals surface area contributed by atoms with Gasteiger partial charge in [0.25, 0.3) is 0 Å². The Balaban J connectivity index is 2.06. The van der Waals surface area contributed by atoms with E-state index >= 15 is 0 Å². The van der Waals surface area contributed by atoms with Gasteiger partial charge in [-0.1, -0.05) is 0 Å². The van der Waals surface area contributed by atoms with E-state index < -0.39 is 0 Å². The molecule has 0 fully saturated rings. The molecule has 2 heterocycles. The summed E-state index contributed by atoms with van der Waals surface area (Å²) in [6.45, 7) is 3.96. The molecule has 0 radical (unpaired) electrons. The van der Waals surface area contributed by atoms with Gasteiger partial charge in [-0.2, -0.15) is 0 Å². The Morgan fingerprint density at radius 1 is 1.27 bits per heavy atom. The Bertz CT molecular complexity index is 406. The van der Waals surface area contributed by atoms with Gasteiger partial charge in [-0.15, -0.1) is 0 Å². The van der Waals surface area contributed by atoms with E-state index in [1.165, 1.54) is 0 Å². The second-order valence-electron chi connectivity index (χ2n) is 3.42. The maximum atomic E-state index is 4.16. The predicted octanol–water partition coefficient (Wildman–Crippen LogP) is 1.68. The topological polar surface area (TPSA) is 66.5 Å². The van der Waals surface area contributed by atoms with Crippen LogP contribution in [0.5, 0.6) is 0 Å². The van der Waals surface area contributed by atoms with Gasteiger partial charge in [0, 0.05) is 24.8 Å². The van der Waals surface area contributed by atoms with Gasteiger partial charge in [-0.3, -0.25) is 0 Å². The van der Waals surface area contributed by atoms with Crippen LogP contribution in [0.25, 0.3) is 0 Å². The molecule has 0 bridgehead atoms. The number of imidazole rings is 1. The highest BCUT2D eigenvalue weighted by atomic mass is 15.1. The first-order valence-corrected chi connectivity index (χ1v) is 4.80. The molecule has 0 saturated carbocycles. The van der Waals surface area contributed by atoms with E-state index in [-0.39, 0.29) is 6.04 Å². The van der Waals surface area contributed by atoms with Crippen molar-refractivity contribution in [2.24, 2.45) is 0 Å². The number of nitrogens with one attached hydrogen (secondary N) is 2. The Labute approximate surface area is 88.0 Å². The van der Waals surface area contributed by atoms with E-state index in [9.17, 15) is 0 Å². The highest BCUT2D eigenvalue weighted by Crippen LogP contribution is 2.11. The van der Waals surface area contributed by atoms with Gasteiger partial charge in [-0.25, -0.2) is 15.0 Å². The second kappa shape index (κ2) is 4.08. The van der Waals surface area contributed by atoms with Crippen molar-refractivity contribution in [2.75, 3.05) is 5.32 Å². The van der Waals surface area contributed by atoms with Gasteiger partial charge in [0.2, 0.25) is 5.95 Å². The van der Waals surface area contributed by atoms with Gasteiger partial charge < -0.3 is 10.3 Å². The number of hydrogen-bond acceptors (Lipinski definition) is 4.